The van der Waals surface area contributed by atoms with E-state index in [0.717, 1.165) is 11.4 Å². The van der Waals surface area contributed by atoms with E-state index >= 15 is 0 Å². The molecule has 6 rings (SSSR count). The minimum atomic E-state index is 0.872. The summed E-state index contributed by atoms with van der Waals surface area (Å²) < 4.78 is 0. The molecule has 0 unspecified atom stereocenters. The fraction of sp³-hybridized carbons (Fsp3) is 0.455. The van der Waals surface area contributed by atoms with E-state index in [0.29, 0.717) is 0 Å². The number of azo groups is 1. The quantitative estimate of drug-likeness (QED) is 0.536. The van der Waals surface area contributed by atoms with Gasteiger partial charge >= 0.3 is 0 Å². The van der Waals surface area contributed by atoms with Crippen molar-refractivity contribution in [1.29, 1.82) is 0 Å². The maximum Gasteiger partial charge on any atom is 0.0857 e. The van der Waals surface area contributed by atoms with E-state index in [1.54, 1.807) is 38.5 Å². The van der Waals surface area contributed by atoms with E-state index in [-0.39, 0.29) is 0 Å². The fourth-order valence-corrected chi connectivity index (χ4v) is 5.09. The van der Waals surface area contributed by atoms with Crippen molar-refractivity contribution in [3.8, 4) is 0 Å². The van der Waals surface area contributed by atoms with Gasteiger partial charge in [0.1, 0.15) is 0 Å². The van der Waals surface area contributed by atoms with Crippen LogP contribution in [0.25, 0.3) is 0 Å². The van der Waals surface area contributed by atoms with Gasteiger partial charge in [0, 0.05) is 0 Å². The smallest absolute Gasteiger partial charge is 0.0857 e. The van der Waals surface area contributed by atoms with Gasteiger partial charge in [-0.15, -0.1) is 0 Å². The summed E-state index contributed by atoms with van der Waals surface area (Å²) in [6, 6.07) is 19.4. The number of hydrogen-bond donors (Lipinski definition) is 0. The van der Waals surface area contributed by atoms with E-state index in [4.69, 9.17) is 0 Å². The Kier molecular flexibility index (Phi) is 4.73. The molecule has 4 saturated carbocycles. The lowest BCUT2D eigenvalue weighted by Crippen LogP contribution is -2.38. The van der Waals surface area contributed by atoms with Gasteiger partial charge in [-0.25, -0.2) is 0 Å². The molecule has 2 aromatic rings. The van der Waals surface area contributed by atoms with Crippen molar-refractivity contribution in [1.82, 2.24) is 0 Å². The normalized spacial score (nSPS) is 30.2. The number of nitrogens with zero attached hydrogens (tertiary/aromatic N) is 2. The zero-order chi connectivity index (χ0) is 16.2. The van der Waals surface area contributed by atoms with Crippen molar-refractivity contribution in [2.24, 2.45) is 33.9 Å². The first-order valence-electron chi connectivity index (χ1n) is 9.37. The lowest BCUT2D eigenvalue weighted by atomic mass is 9.56. The third-order valence-corrected chi connectivity index (χ3v) is 5.79. The molecule has 0 N–H and O–H groups in total. The summed E-state index contributed by atoms with van der Waals surface area (Å²) in [7, 11) is 0. The molecule has 0 spiro atoms. The van der Waals surface area contributed by atoms with Crippen molar-refractivity contribution < 1.29 is 0 Å². The predicted octanol–water partition coefficient (Wildman–Crippen LogP) is 6.93. The van der Waals surface area contributed by atoms with Crippen LogP contribution in [0.4, 0.5) is 11.4 Å². The molecule has 4 bridgehead atoms. The van der Waals surface area contributed by atoms with Crippen molar-refractivity contribution in [3.63, 3.8) is 0 Å². The van der Waals surface area contributed by atoms with Crippen LogP contribution in [0, 0.1) is 23.7 Å². The van der Waals surface area contributed by atoms with Crippen molar-refractivity contribution in [2.75, 3.05) is 0 Å². The molecule has 0 aliphatic heterocycles. The first-order valence-corrected chi connectivity index (χ1v) is 9.37. The van der Waals surface area contributed by atoms with Crippen LogP contribution in [0.5, 0.6) is 0 Å². The minimum Gasteiger partial charge on any atom is -0.151 e. The highest BCUT2D eigenvalue weighted by Gasteiger charge is 2.41. The standard InChI is InChI=1S/C12H10N2.C10H16/c1-3-7-11(8-4-1)13-14-12-9-5-2-6-10-12;1-7-2-9-4-8(1)5-10(3-7)6-9/h1-10H;7-10H,1-6H2/b14-13+;. The summed E-state index contributed by atoms with van der Waals surface area (Å²) in [4.78, 5) is 0. The van der Waals surface area contributed by atoms with Crippen LogP contribution in [0.3, 0.4) is 0 Å². The largest absolute Gasteiger partial charge is 0.151 e. The Balaban J connectivity index is 0.000000127. The van der Waals surface area contributed by atoms with Gasteiger partial charge in [-0.05, 0) is 86.5 Å². The Morgan fingerprint density at radius 2 is 0.750 bits per heavy atom. The topological polar surface area (TPSA) is 24.7 Å². The van der Waals surface area contributed by atoms with Gasteiger partial charge < -0.3 is 0 Å². The first kappa shape index (κ1) is 15.6. The molecule has 0 radical (unpaired) electrons. The average molecular weight is 318 g/mol. The molecule has 0 amide bonds. The van der Waals surface area contributed by atoms with Gasteiger partial charge in [-0.1, -0.05) is 36.4 Å². The molecule has 24 heavy (non-hydrogen) atoms. The Morgan fingerprint density at radius 3 is 1.04 bits per heavy atom. The third kappa shape index (κ3) is 3.92. The van der Waals surface area contributed by atoms with Gasteiger partial charge in [-0.3, -0.25) is 0 Å². The second-order valence-corrected chi connectivity index (χ2v) is 7.75. The third-order valence-electron chi connectivity index (χ3n) is 5.79. The fourth-order valence-electron chi connectivity index (χ4n) is 5.09. The Bertz CT molecular complexity index is 565. The van der Waals surface area contributed by atoms with Crippen LogP contribution in [0.15, 0.2) is 70.9 Å². The van der Waals surface area contributed by atoms with Crippen LogP contribution in [0.1, 0.15) is 38.5 Å². The van der Waals surface area contributed by atoms with Crippen LogP contribution in [0.2, 0.25) is 0 Å². The summed E-state index contributed by atoms with van der Waals surface area (Å²) in [5.41, 5.74) is 1.74. The molecule has 124 valence electrons. The zero-order valence-corrected chi connectivity index (χ0v) is 14.2. The maximum atomic E-state index is 4.10. The summed E-state index contributed by atoms with van der Waals surface area (Å²) in [6.07, 6.45) is 9.62. The molecule has 2 heteroatoms. The van der Waals surface area contributed by atoms with E-state index in [9.17, 15) is 0 Å². The minimum absolute atomic E-state index is 0.872. The van der Waals surface area contributed by atoms with Crippen LogP contribution in [-0.2, 0) is 0 Å². The first-order chi connectivity index (χ1) is 11.8. The molecule has 4 aliphatic carbocycles. The number of benzene rings is 2. The number of hydrogen-bond acceptors (Lipinski definition) is 2. The lowest BCUT2D eigenvalue weighted by molar-refractivity contribution is 0.0198. The highest BCUT2D eigenvalue weighted by molar-refractivity contribution is 5.39. The van der Waals surface area contributed by atoms with Crippen LogP contribution in [-0.4, -0.2) is 0 Å². The SMILES string of the molecule is C1C2CC3CC1CC(C2)C3.c1ccc(/N=N/c2ccccc2)cc1. The van der Waals surface area contributed by atoms with Gasteiger partial charge in [-0.2, -0.15) is 10.2 Å². The van der Waals surface area contributed by atoms with Gasteiger partial charge in [0.25, 0.3) is 0 Å². The zero-order valence-electron chi connectivity index (χ0n) is 14.2. The molecule has 4 aliphatic rings. The summed E-state index contributed by atoms with van der Waals surface area (Å²) in [6.45, 7) is 0. The maximum absolute atomic E-state index is 4.10. The van der Waals surface area contributed by atoms with Gasteiger partial charge in [0.2, 0.25) is 0 Å². The highest BCUT2D eigenvalue weighted by atomic mass is 15.1. The Hall–Kier alpha value is -1.96. The predicted molar refractivity (Wildman–Crippen MR) is 98.7 cm³/mol. The van der Waals surface area contributed by atoms with Crippen molar-refractivity contribution in [3.05, 3.63) is 60.7 Å². The summed E-state index contributed by atoms with van der Waals surface area (Å²) >= 11 is 0. The monoisotopic (exact) mass is 318 g/mol. The van der Waals surface area contributed by atoms with Gasteiger partial charge in [0.05, 0.1) is 11.4 Å². The Morgan fingerprint density at radius 1 is 0.458 bits per heavy atom. The second-order valence-electron chi connectivity index (χ2n) is 7.75. The van der Waals surface area contributed by atoms with Crippen molar-refractivity contribution in [2.45, 2.75) is 38.5 Å². The summed E-state index contributed by atoms with van der Waals surface area (Å²) in [5.74, 6) is 4.71. The molecule has 0 atom stereocenters. The molecule has 2 nitrogen and oxygen atoms in total. The number of rotatable bonds is 2. The molecule has 0 aromatic heterocycles. The van der Waals surface area contributed by atoms with Crippen LogP contribution < -0.4 is 0 Å². The van der Waals surface area contributed by atoms with E-state index in [1.807, 2.05) is 60.7 Å². The van der Waals surface area contributed by atoms with E-state index in [1.165, 1.54) is 23.7 Å². The molecule has 2 aromatic carbocycles. The highest BCUT2D eigenvalue weighted by Crippen LogP contribution is 2.53. The summed E-state index contributed by atoms with van der Waals surface area (Å²) in [5, 5.41) is 8.20. The second kappa shape index (κ2) is 7.29. The van der Waals surface area contributed by atoms with Gasteiger partial charge in [0.15, 0.2) is 0 Å². The molecule has 0 heterocycles. The van der Waals surface area contributed by atoms with Crippen LogP contribution >= 0.6 is 0 Å². The molecule has 0 saturated heterocycles. The van der Waals surface area contributed by atoms with E-state index in [2.05, 4.69) is 10.2 Å². The van der Waals surface area contributed by atoms with Crippen molar-refractivity contribution >= 4 is 11.4 Å². The average Bonchev–Trinajstić information content (AvgIpc) is 2.61. The Labute approximate surface area is 145 Å². The molecular weight excluding hydrogens is 292 g/mol. The molecular formula is C22H26N2. The van der Waals surface area contributed by atoms with E-state index < -0.39 is 0 Å². The molecule has 4 fully saturated rings. The lowest BCUT2D eigenvalue weighted by Gasteiger charge is -2.49.